The molecule has 0 N–H and O–H groups in total. The molecule has 6 rings (SSSR count). The molecule has 4 heteroatoms. The first kappa shape index (κ1) is 26.8. The van der Waals surface area contributed by atoms with Crippen LogP contribution in [-0.4, -0.2) is 15.2 Å². The summed E-state index contributed by atoms with van der Waals surface area (Å²) < 4.78 is 9.06. The van der Waals surface area contributed by atoms with Crippen molar-refractivity contribution < 1.29 is 4.74 Å². The smallest absolute Gasteiger partial charge is 0.137 e. The van der Waals surface area contributed by atoms with Gasteiger partial charge in [-0.1, -0.05) is 65.1 Å². The lowest BCUT2D eigenvalue weighted by molar-refractivity contribution is 0.132. The van der Waals surface area contributed by atoms with Crippen molar-refractivity contribution in [2.24, 2.45) is 0 Å². The Morgan fingerprint density at radius 3 is 2.27 bits per heavy atom. The normalized spacial score (nSPS) is 13.4. The summed E-state index contributed by atoms with van der Waals surface area (Å²) in [6.45, 7) is 10.8. The Balaban J connectivity index is 1.54. The third kappa shape index (κ3) is 5.10. The molecular weight excluding hydrogens is 603 g/mol. The Hall–Kier alpha value is -3.38. The van der Waals surface area contributed by atoms with E-state index in [0.29, 0.717) is 0 Å². The number of hydrogen-bond donors (Lipinski definition) is 0. The van der Waals surface area contributed by atoms with E-state index < -0.39 is 0 Å². The Morgan fingerprint density at radius 1 is 0.850 bits per heavy atom. The molecule has 3 nitrogen and oxygen atoms in total. The Bertz CT molecular complexity index is 1720. The highest BCUT2D eigenvalue weighted by Gasteiger charge is 2.26. The van der Waals surface area contributed by atoms with Gasteiger partial charge in [-0.25, -0.2) is 0 Å². The first-order chi connectivity index (χ1) is 19.1. The minimum atomic E-state index is -0.366. The summed E-state index contributed by atoms with van der Waals surface area (Å²) in [5, 5.41) is 1.35. The molecule has 0 amide bonds. The highest BCUT2D eigenvalue weighted by atomic mass is 127. The van der Waals surface area contributed by atoms with E-state index in [2.05, 4.69) is 141 Å². The molecule has 1 aliphatic rings. The first-order valence-electron chi connectivity index (χ1n) is 14.0. The fraction of sp³-hybridized carbons (Fsp3) is 0.250. The van der Waals surface area contributed by atoms with E-state index in [9.17, 15) is 0 Å². The van der Waals surface area contributed by atoms with Crippen molar-refractivity contribution in [3.8, 4) is 33.8 Å². The summed E-state index contributed by atoms with van der Waals surface area (Å²) >= 11 is 2.52. The van der Waals surface area contributed by atoms with Gasteiger partial charge in [0.05, 0.1) is 11.2 Å². The third-order valence-corrected chi connectivity index (χ3v) is 8.04. The first-order valence-corrected chi connectivity index (χ1v) is 15.1. The van der Waals surface area contributed by atoms with E-state index in [-0.39, 0.29) is 9.02 Å². The van der Waals surface area contributed by atoms with Gasteiger partial charge in [-0.15, -0.1) is 0 Å². The number of halogens is 1. The largest absolute Gasteiger partial charge is 0.487 e. The molecule has 0 fully saturated rings. The Morgan fingerprint density at radius 2 is 1.57 bits per heavy atom. The lowest BCUT2D eigenvalue weighted by Gasteiger charge is -2.28. The zero-order valence-electron chi connectivity index (χ0n) is 23.8. The summed E-state index contributed by atoms with van der Waals surface area (Å²) in [5.41, 5.74) is 10.2. The van der Waals surface area contributed by atoms with Gasteiger partial charge in [-0.2, -0.15) is 0 Å². The molecular formula is C36H35IN2O. The van der Waals surface area contributed by atoms with Crippen molar-refractivity contribution in [2.75, 3.05) is 0 Å². The molecule has 0 aliphatic heterocycles. The number of aryl methyl sites for hydroxylation is 1. The fourth-order valence-electron chi connectivity index (χ4n) is 5.57. The average molecular weight is 639 g/mol. The average Bonchev–Trinajstić information content (AvgIpc) is 3.27. The van der Waals surface area contributed by atoms with Crippen LogP contribution in [0.3, 0.4) is 0 Å². The van der Waals surface area contributed by atoms with E-state index >= 15 is 0 Å². The van der Waals surface area contributed by atoms with Crippen molar-refractivity contribution in [3.63, 3.8) is 0 Å². The number of ether oxygens (including phenoxy) is 1. The lowest BCUT2D eigenvalue weighted by atomic mass is 9.91. The van der Waals surface area contributed by atoms with E-state index in [1.807, 2.05) is 18.3 Å². The van der Waals surface area contributed by atoms with E-state index in [1.54, 1.807) is 0 Å². The summed E-state index contributed by atoms with van der Waals surface area (Å²) in [6, 6.07) is 28.3. The monoisotopic (exact) mass is 638 g/mol. The Labute approximate surface area is 251 Å². The number of benzene rings is 3. The SMILES string of the molecule is CC(C)(C)Oc1c(-c2ccc(-n3c4c(c5ccccc53)CCC=C4)cc2)cc(C(C)(C)I)cc1-c1ccccn1. The Kier molecular flexibility index (Phi) is 6.86. The van der Waals surface area contributed by atoms with E-state index in [0.717, 1.165) is 41.0 Å². The number of aromatic nitrogens is 2. The second-order valence-electron chi connectivity index (χ2n) is 12.0. The molecule has 0 unspecified atom stereocenters. The molecule has 0 bridgehead atoms. The zero-order valence-corrected chi connectivity index (χ0v) is 26.0. The summed E-state index contributed by atoms with van der Waals surface area (Å²) in [4.78, 5) is 4.72. The van der Waals surface area contributed by atoms with Crippen molar-refractivity contribution in [1.29, 1.82) is 0 Å². The predicted molar refractivity (Wildman–Crippen MR) is 177 cm³/mol. The molecule has 5 aromatic rings. The fourth-order valence-corrected chi connectivity index (χ4v) is 5.88. The topological polar surface area (TPSA) is 27.1 Å². The summed E-state index contributed by atoms with van der Waals surface area (Å²) in [5.74, 6) is 0.870. The number of nitrogens with zero attached hydrogens (tertiary/aromatic N) is 2. The van der Waals surface area contributed by atoms with Crippen LogP contribution in [0, 0.1) is 0 Å². The number of para-hydroxylation sites is 1. The molecule has 40 heavy (non-hydrogen) atoms. The number of allylic oxidation sites excluding steroid dienone is 1. The maximum Gasteiger partial charge on any atom is 0.137 e. The van der Waals surface area contributed by atoms with Gasteiger partial charge in [0, 0.05) is 37.5 Å². The number of hydrogen-bond acceptors (Lipinski definition) is 2. The van der Waals surface area contributed by atoms with Gasteiger partial charge < -0.3 is 9.30 Å². The van der Waals surface area contributed by atoms with Crippen molar-refractivity contribution in [1.82, 2.24) is 9.55 Å². The van der Waals surface area contributed by atoms with Crippen LogP contribution in [0.25, 0.3) is 45.1 Å². The zero-order chi connectivity index (χ0) is 28.1. The van der Waals surface area contributed by atoms with Gasteiger partial charge >= 0.3 is 0 Å². The maximum absolute atomic E-state index is 6.72. The van der Waals surface area contributed by atoms with Crippen molar-refractivity contribution >= 4 is 39.6 Å². The standard InChI is InChI=1S/C36H35IN2O/c1-35(2,3)40-34-29(22-25(36(4,5)37)23-30(34)31-14-10-11-21-38-31)24-17-19-26(20-18-24)39-32-15-8-6-12-27(32)28-13-7-9-16-33(28)39/h6,8-12,14-23H,7,13H2,1-5H3. The molecule has 0 saturated heterocycles. The molecule has 202 valence electrons. The van der Waals surface area contributed by atoms with Gasteiger partial charge in [0.25, 0.3) is 0 Å². The van der Waals surface area contributed by atoms with Gasteiger partial charge in [-0.05, 0) is 113 Å². The van der Waals surface area contributed by atoms with Crippen molar-refractivity contribution in [2.45, 2.75) is 56.5 Å². The number of pyridine rings is 1. The van der Waals surface area contributed by atoms with Gasteiger partial charge in [0.15, 0.2) is 0 Å². The van der Waals surface area contributed by atoms with Crippen molar-refractivity contribution in [3.05, 3.63) is 108 Å². The maximum atomic E-state index is 6.72. The highest BCUT2D eigenvalue weighted by molar-refractivity contribution is 14.1. The second-order valence-corrected chi connectivity index (χ2v) is 14.7. The predicted octanol–water partition coefficient (Wildman–Crippen LogP) is 10.2. The molecule has 0 atom stereocenters. The highest BCUT2D eigenvalue weighted by Crippen LogP contribution is 2.45. The molecule has 1 aliphatic carbocycles. The van der Waals surface area contributed by atoms with Gasteiger partial charge in [0.2, 0.25) is 0 Å². The molecule has 0 radical (unpaired) electrons. The van der Waals surface area contributed by atoms with Crippen LogP contribution >= 0.6 is 22.6 Å². The van der Waals surface area contributed by atoms with Crippen LogP contribution in [-0.2, 0) is 9.84 Å². The molecule has 2 aromatic heterocycles. The number of fused-ring (bicyclic) bond motifs is 3. The second kappa shape index (κ2) is 10.2. The summed E-state index contributed by atoms with van der Waals surface area (Å²) in [7, 11) is 0. The minimum Gasteiger partial charge on any atom is -0.487 e. The van der Waals surface area contributed by atoms with Crippen LogP contribution in [0.5, 0.6) is 5.75 Å². The molecule has 0 spiro atoms. The van der Waals surface area contributed by atoms with E-state index in [4.69, 9.17) is 9.72 Å². The molecule has 3 aromatic carbocycles. The van der Waals surface area contributed by atoms with Gasteiger partial charge in [0.1, 0.15) is 11.4 Å². The summed E-state index contributed by atoms with van der Waals surface area (Å²) in [6.07, 6.45) is 8.60. The third-order valence-electron chi connectivity index (χ3n) is 7.42. The van der Waals surface area contributed by atoms with Gasteiger partial charge in [-0.3, -0.25) is 4.98 Å². The molecule has 0 saturated carbocycles. The number of rotatable bonds is 5. The van der Waals surface area contributed by atoms with E-state index in [1.165, 1.54) is 33.4 Å². The number of alkyl halides is 1. The lowest BCUT2D eigenvalue weighted by Crippen LogP contribution is -2.24. The van der Waals surface area contributed by atoms with Crippen LogP contribution in [0.15, 0.2) is 91.1 Å². The van der Waals surface area contributed by atoms with Crippen LogP contribution in [0.2, 0.25) is 0 Å². The quantitative estimate of drug-likeness (QED) is 0.142. The molecule has 2 heterocycles. The van der Waals surface area contributed by atoms with Crippen LogP contribution in [0.1, 0.15) is 57.9 Å². The van der Waals surface area contributed by atoms with Crippen LogP contribution in [0.4, 0.5) is 0 Å². The van der Waals surface area contributed by atoms with Crippen LogP contribution < -0.4 is 4.74 Å². The minimum absolute atomic E-state index is 0.0638.